The Hall–Kier alpha value is -3.45. The van der Waals surface area contributed by atoms with Crippen molar-refractivity contribution >= 4 is 34.1 Å². The van der Waals surface area contributed by atoms with Crippen LogP contribution >= 0.6 is 11.6 Å². The summed E-state index contributed by atoms with van der Waals surface area (Å²) in [7, 11) is 1.40. The van der Waals surface area contributed by atoms with Crippen LogP contribution in [0.1, 0.15) is 11.1 Å². The van der Waals surface area contributed by atoms with E-state index in [9.17, 15) is 9.18 Å². The minimum atomic E-state index is -0.509. The van der Waals surface area contributed by atoms with Crippen LogP contribution in [0.2, 0.25) is 5.02 Å². The first kappa shape index (κ1) is 19.8. The zero-order valence-electron chi connectivity index (χ0n) is 16.3. The molecule has 0 saturated carbocycles. The number of nitrogens with zero attached hydrogens (tertiary/aromatic N) is 3. The molecule has 4 aromatic rings. The third-order valence-corrected chi connectivity index (χ3v) is 4.87. The summed E-state index contributed by atoms with van der Waals surface area (Å²) in [6.07, 6.45) is 3.25. The van der Waals surface area contributed by atoms with Crippen LogP contribution in [0.15, 0.2) is 59.7 Å². The molecule has 0 saturated heterocycles. The van der Waals surface area contributed by atoms with Gasteiger partial charge in [0.1, 0.15) is 5.82 Å². The van der Waals surface area contributed by atoms with Gasteiger partial charge in [-0.3, -0.25) is 9.78 Å². The van der Waals surface area contributed by atoms with E-state index in [-0.39, 0.29) is 17.3 Å². The molecule has 0 atom stereocenters. The predicted molar refractivity (Wildman–Crippen MR) is 115 cm³/mol. The molecular formula is C22H18ClFN4O2. The first-order valence-corrected chi connectivity index (χ1v) is 9.53. The summed E-state index contributed by atoms with van der Waals surface area (Å²) in [4.78, 5) is 20.8. The summed E-state index contributed by atoms with van der Waals surface area (Å²) in [6, 6.07) is 12.0. The third kappa shape index (κ3) is 4.11. The number of fused-ring (bicyclic) bond motifs is 1. The summed E-state index contributed by atoms with van der Waals surface area (Å²) in [5.74, 6) is -0.0658. The molecule has 2 heterocycles. The molecule has 2 aromatic carbocycles. The number of nitrogens with one attached hydrogen (secondary N) is 1. The molecule has 1 N–H and O–H groups in total. The Morgan fingerprint density at radius 3 is 2.83 bits per heavy atom. The van der Waals surface area contributed by atoms with E-state index < -0.39 is 11.4 Å². The fourth-order valence-electron chi connectivity index (χ4n) is 3.22. The third-order valence-electron chi connectivity index (χ3n) is 4.65. The van der Waals surface area contributed by atoms with Crippen molar-refractivity contribution in [3.63, 3.8) is 0 Å². The highest BCUT2D eigenvalue weighted by atomic mass is 35.5. The Balaban J connectivity index is 1.78. The summed E-state index contributed by atoms with van der Waals surface area (Å²) < 4.78 is 20.6. The molecule has 0 unspecified atom stereocenters. The highest BCUT2D eigenvalue weighted by Crippen LogP contribution is 2.25. The number of anilines is 2. The van der Waals surface area contributed by atoms with Crippen molar-refractivity contribution in [1.29, 1.82) is 0 Å². The zero-order chi connectivity index (χ0) is 21.3. The van der Waals surface area contributed by atoms with E-state index >= 15 is 0 Å². The largest absolute Gasteiger partial charge is 0.490 e. The molecular weight excluding hydrogens is 407 g/mol. The van der Waals surface area contributed by atoms with E-state index in [1.54, 1.807) is 16.8 Å². The van der Waals surface area contributed by atoms with Crippen molar-refractivity contribution in [1.82, 2.24) is 14.5 Å². The first-order chi connectivity index (χ1) is 14.4. The van der Waals surface area contributed by atoms with Crippen molar-refractivity contribution in [3.8, 4) is 5.75 Å². The number of hydrogen-bond acceptors (Lipinski definition) is 5. The molecule has 0 aliphatic heterocycles. The number of pyridine rings is 1. The van der Waals surface area contributed by atoms with Crippen LogP contribution in [0.25, 0.3) is 10.9 Å². The summed E-state index contributed by atoms with van der Waals surface area (Å²) in [5, 5.41) is 4.50. The number of methoxy groups -OCH3 is 1. The smallest absolute Gasteiger partial charge is 0.316 e. The number of rotatable bonds is 5. The van der Waals surface area contributed by atoms with Crippen molar-refractivity contribution in [2.75, 3.05) is 12.4 Å². The van der Waals surface area contributed by atoms with E-state index in [1.165, 1.54) is 25.4 Å². The number of hydrogen-bond donors (Lipinski definition) is 1. The maximum Gasteiger partial charge on any atom is 0.316 e. The van der Waals surface area contributed by atoms with Gasteiger partial charge in [0.2, 0.25) is 11.7 Å². The van der Waals surface area contributed by atoms with Crippen LogP contribution < -0.4 is 15.6 Å². The number of aryl methyl sites for hydroxylation is 1. The van der Waals surface area contributed by atoms with Crippen LogP contribution in [0.5, 0.6) is 5.75 Å². The zero-order valence-corrected chi connectivity index (χ0v) is 17.1. The van der Waals surface area contributed by atoms with Gasteiger partial charge in [0, 0.05) is 22.3 Å². The van der Waals surface area contributed by atoms with Crippen molar-refractivity contribution in [2.45, 2.75) is 13.5 Å². The van der Waals surface area contributed by atoms with E-state index in [2.05, 4.69) is 15.3 Å². The summed E-state index contributed by atoms with van der Waals surface area (Å²) in [6.45, 7) is 2.18. The molecule has 0 spiro atoms. The van der Waals surface area contributed by atoms with Gasteiger partial charge in [-0.05, 0) is 54.4 Å². The standard InChI is InChI=1S/C22H18ClFN4O2/c1-13-6-15-4-3-5-25-19(15)10-18(13)26-22-27-21(29)20(30-2)12-28(22)11-14-7-16(23)9-17(24)8-14/h3-10,12H,11H2,1-2H3,(H,26,27,29). The van der Waals surface area contributed by atoms with Gasteiger partial charge in [-0.2, -0.15) is 4.98 Å². The summed E-state index contributed by atoms with van der Waals surface area (Å²) in [5.41, 5.74) is 2.63. The molecule has 0 aliphatic rings. The second-order valence-electron chi connectivity index (χ2n) is 6.83. The Morgan fingerprint density at radius 1 is 1.23 bits per heavy atom. The van der Waals surface area contributed by atoms with Crippen LogP contribution in [0.4, 0.5) is 16.0 Å². The van der Waals surface area contributed by atoms with E-state index in [4.69, 9.17) is 16.3 Å². The molecule has 2 aromatic heterocycles. The van der Waals surface area contributed by atoms with Gasteiger partial charge in [0.25, 0.3) is 0 Å². The molecule has 0 aliphatic carbocycles. The lowest BCUT2D eigenvalue weighted by molar-refractivity contribution is 0.402. The van der Waals surface area contributed by atoms with Gasteiger partial charge < -0.3 is 14.6 Å². The number of ether oxygens (including phenoxy) is 1. The van der Waals surface area contributed by atoms with E-state index in [0.717, 1.165) is 22.2 Å². The van der Waals surface area contributed by atoms with E-state index in [0.29, 0.717) is 11.5 Å². The molecule has 152 valence electrons. The predicted octanol–water partition coefficient (Wildman–Crippen LogP) is 4.69. The molecule has 0 fully saturated rings. The van der Waals surface area contributed by atoms with Gasteiger partial charge in [-0.25, -0.2) is 4.39 Å². The lowest BCUT2D eigenvalue weighted by atomic mass is 10.1. The average Bonchev–Trinajstić information content (AvgIpc) is 2.69. The lowest BCUT2D eigenvalue weighted by Gasteiger charge is -2.17. The molecule has 0 amide bonds. The minimum Gasteiger partial charge on any atom is -0.490 e. The molecule has 0 bridgehead atoms. The SMILES string of the molecule is COc1cn(Cc2cc(F)cc(Cl)c2)c(Nc2cc3ncccc3cc2C)nc1=O. The van der Waals surface area contributed by atoms with Crippen molar-refractivity contribution < 1.29 is 9.13 Å². The van der Waals surface area contributed by atoms with Gasteiger partial charge in [-0.1, -0.05) is 17.7 Å². The fourth-order valence-corrected chi connectivity index (χ4v) is 3.47. The van der Waals surface area contributed by atoms with Crippen LogP contribution in [-0.2, 0) is 6.54 Å². The van der Waals surface area contributed by atoms with Gasteiger partial charge >= 0.3 is 5.56 Å². The topological polar surface area (TPSA) is 69.0 Å². The van der Waals surface area contributed by atoms with E-state index in [1.807, 2.05) is 31.2 Å². The fraction of sp³-hybridized carbons (Fsp3) is 0.136. The van der Waals surface area contributed by atoms with Crippen molar-refractivity contribution in [3.05, 3.63) is 87.2 Å². The molecule has 6 nitrogen and oxygen atoms in total. The normalized spacial score (nSPS) is 10.9. The Bertz CT molecular complexity index is 1290. The monoisotopic (exact) mass is 424 g/mol. The maximum atomic E-state index is 13.8. The number of halogens is 2. The Labute approximate surface area is 176 Å². The second kappa shape index (κ2) is 8.12. The van der Waals surface area contributed by atoms with Gasteiger partial charge in [-0.15, -0.1) is 0 Å². The van der Waals surface area contributed by atoms with Crippen molar-refractivity contribution in [2.24, 2.45) is 0 Å². The Kier molecular flexibility index (Phi) is 5.37. The maximum absolute atomic E-state index is 13.8. The highest BCUT2D eigenvalue weighted by Gasteiger charge is 2.12. The second-order valence-corrected chi connectivity index (χ2v) is 7.27. The average molecular weight is 425 g/mol. The lowest BCUT2D eigenvalue weighted by Crippen LogP contribution is -2.19. The highest BCUT2D eigenvalue weighted by molar-refractivity contribution is 6.30. The summed E-state index contributed by atoms with van der Waals surface area (Å²) >= 11 is 5.98. The van der Waals surface area contributed by atoms with Gasteiger partial charge in [0.05, 0.1) is 25.4 Å². The number of benzene rings is 2. The Morgan fingerprint density at radius 2 is 2.07 bits per heavy atom. The first-order valence-electron chi connectivity index (χ1n) is 9.16. The molecule has 8 heteroatoms. The quantitative estimate of drug-likeness (QED) is 0.503. The van der Waals surface area contributed by atoms with Crippen LogP contribution in [0.3, 0.4) is 0 Å². The number of aromatic nitrogens is 3. The molecule has 0 radical (unpaired) electrons. The van der Waals surface area contributed by atoms with Crippen LogP contribution in [-0.4, -0.2) is 21.6 Å². The van der Waals surface area contributed by atoms with Gasteiger partial charge in [0.15, 0.2) is 0 Å². The van der Waals surface area contributed by atoms with Crippen LogP contribution in [0, 0.1) is 12.7 Å². The minimum absolute atomic E-state index is 0.0833. The molecule has 4 rings (SSSR count). The molecule has 30 heavy (non-hydrogen) atoms.